The number of aryl methyl sites for hydroxylation is 1. The number of oxazole rings is 1. The topological polar surface area (TPSA) is 111 Å². The number of hydrogen-bond donors (Lipinski definition) is 2. The van der Waals surface area contributed by atoms with Crippen LogP contribution >= 0.6 is 0 Å². The molecule has 6 nitrogen and oxygen atoms in total. The average molecular weight is 373 g/mol. The van der Waals surface area contributed by atoms with Crippen LogP contribution in [0.1, 0.15) is 47.5 Å². The molecule has 2 aromatic carbocycles. The van der Waals surface area contributed by atoms with Gasteiger partial charge in [-0.1, -0.05) is 13.0 Å². The number of nitrogens with zero attached hydrogens (tertiary/aromatic N) is 2. The number of fused-ring (bicyclic) bond motifs is 1. The fourth-order valence-corrected chi connectivity index (χ4v) is 3.66. The van der Waals surface area contributed by atoms with Crippen LogP contribution in [-0.2, 0) is 6.42 Å². The van der Waals surface area contributed by atoms with Gasteiger partial charge in [0, 0.05) is 5.69 Å². The maximum absolute atomic E-state index is 9.16. The molecular weight excluding hydrogens is 352 g/mol. The molecule has 0 aliphatic heterocycles. The summed E-state index contributed by atoms with van der Waals surface area (Å²) in [6.07, 6.45) is 4.73. The van der Waals surface area contributed by atoms with Gasteiger partial charge >= 0.3 is 0 Å². The summed E-state index contributed by atoms with van der Waals surface area (Å²) >= 11 is 0. The lowest BCUT2D eigenvalue weighted by molar-refractivity contribution is -0.112. The minimum Gasteiger partial charge on any atom is -0.485 e. The van der Waals surface area contributed by atoms with Gasteiger partial charge < -0.3 is 14.9 Å². The average Bonchev–Trinajstić information content (AvgIpc) is 3.25. The van der Waals surface area contributed by atoms with Crippen LogP contribution in [0.15, 0.2) is 53.4 Å². The van der Waals surface area contributed by atoms with Crippen LogP contribution in [0.2, 0.25) is 0 Å². The van der Waals surface area contributed by atoms with Crippen LogP contribution in [0.25, 0.3) is 0 Å². The first kappa shape index (κ1) is 17.8. The number of nitrogens with two attached hydrogens (primary N) is 2. The summed E-state index contributed by atoms with van der Waals surface area (Å²) in [5, 5.41) is 15.4. The number of ether oxygens (including phenoxy) is 1. The minimum absolute atomic E-state index is 0.0977. The van der Waals surface area contributed by atoms with Gasteiger partial charge in [0.25, 0.3) is 5.71 Å². The zero-order valence-electron chi connectivity index (χ0n) is 15.6. The number of hydrogen-bond acceptors (Lipinski definition) is 5. The summed E-state index contributed by atoms with van der Waals surface area (Å²) in [7, 11) is 0. The van der Waals surface area contributed by atoms with Crippen LogP contribution in [0.3, 0.4) is 0 Å². The van der Waals surface area contributed by atoms with E-state index in [4.69, 9.17) is 25.6 Å². The molecule has 4 rings (SSSR count). The normalized spacial score (nSPS) is 18.1. The molecule has 0 spiro atoms. The second-order valence-corrected chi connectivity index (χ2v) is 7.11. The van der Waals surface area contributed by atoms with Crippen molar-refractivity contribution in [3.63, 3.8) is 0 Å². The number of nitriles is 1. The monoisotopic (exact) mass is 373 g/mol. The minimum atomic E-state index is -0.0977. The Kier molecular flexibility index (Phi) is 4.58. The quantitative estimate of drug-likeness (QED) is 0.539. The van der Waals surface area contributed by atoms with Crippen molar-refractivity contribution in [1.82, 2.24) is 4.98 Å². The molecule has 0 saturated carbocycles. The van der Waals surface area contributed by atoms with E-state index >= 15 is 0 Å². The maximum atomic E-state index is 9.16. The third-order valence-electron chi connectivity index (χ3n) is 5.24. The molecule has 28 heavy (non-hydrogen) atoms. The lowest BCUT2D eigenvalue weighted by Gasteiger charge is -2.32. The Morgan fingerprint density at radius 3 is 2.93 bits per heavy atom. The number of rotatable bonds is 4. The van der Waals surface area contributed by atoms with E-state index in [1.54, 1.807) is 12.3 Å². The predicted octanol–water partition coefficient (Wildman–Crippen LogP) is 2.43. The first-order chi connectivity index (χ1) is 13.6. The molecule has 0 bridgehead atoms. The number of aromatic nitrogens is 1. The lowest BCUT2D eigenvalue weighted by atomic mass is 9.81. The highest BCUT2D eigenvalue weighted by molar-refractivity contribution is 6.10. The highest BCUT2D eigenvalue weighted by Crippen LogP contribution is 2.38. The summed E-state index contributed by atoms with van der Waals surface area (Å²) in [5.41, 5.74) is 10.7. The largest absolute Gasteiger partial charge is 0.485 e. The van der Waals surface area contributed by atoms with Crippen LogP contribution in [0, 0.1) is 17.2 Å². The molecule has 1 aliphatic rings. The van der Waals surface area contributed by atoms with Gasteiger partial charge in [0.15, 0.2) is 6.39 Å². The van der Waals surface area contributed by atoms with E-state index in [1.807, 2.05) is 30.3 Å². The van der Waals surface area contributed by atoms with E-state index in [0.717, 1.165) is 18.4 Å². The van der Waals surface area contributed by atoms with Gasteiger partial charge in [0.1, 0.15) is 11.9 Å². The molecule has 1 aromatic heterocycles. The van der Waals surface area contributed by atoms with E-state index in [9.17, 15) is 0 Å². The van der Waals surface area contributed by atoms with Crippen molar-refractivity contribution in [2.24, 2.45) is 5.92 Å². The van der Waals surface area contributed by atoms with Crippen LogP contribution < -0.4 is 15.9 Å². The van der Waals surface area contributed by atoms with Crippen molar-refractivity contribution < 1.29 is 14.6 Å². The molecule has 0 unspecified atom stereocenters. The second-order valence-electron chi connectivity index (χ2n) is 7.11. The molecule has 0 amide bonds. The van der Waals surface area contributed by atoms with Crippen molar-refractivity contribution >= 4 is 11.4 Å². The van der Waals surface area contributed by atoms with Gasteiger partial charge in [-0.3, -0.25) is 5.41 Å². The van der Waals surface area contributed by atoms with Crippen molar-refractivity contribution in [2.45, 2.75) is 25.9 Å². The molecule has 4 N–H and O–H groups in total. The fourth-order valence-electron chi connectivity index (χ4n) is 3.66. The Labute approximate surface area is 163 Å². The molecule has 140 valence electrons. The van der Waals surface area contributed by atoms with Crippen LogP contribution in [0.4, 0.5) is 5.69 Å². The standard InChI is InChI=1S/C22H20N4O2/c1-13-2-4-15-8-14(10-23)3-6-17(15)22(13)28-16-5-7-19(24)18(9-16)21(25)20-11-26-12-27-20/h3,5-9,11-13,22,25H,2,4,24H2,1H3/p+1/t13-,22-/m1/s1. The predicted molar refractivity (Wildman–Crippen MR) is 105 cm³/mol. The van der Waals surface area contributed by atoms with Crippen LogP contribution in [0.5, 0.6) is 5.75 Å². The molecule has 0 fully saturated rings. The Hall–Kier alpha value is -3.59. The van der Waals surface area contributed by atoms with E-state index in [2.05, 4.69) is 18.0 Å². The Balaban J connectivity index is 1.66. The highest BCUT2D eigenvalue weighted by atomic mass is 16.5. The summed E-state index contributed by atoms with van der Waals surface area (Å²) in [6.45, 7) is 2.18. The molecule has 1 heterocycles. The molecule has 1 aliphatic carbocycles. The molecule has 2 atom stereocenters. The van der Waals surface area contributed by atoms with Gasteiger partial charge in [-0.15, -0.1) is 0 Å². The van der Waals surface area contributed by atoms with Gasteiger partial charge in [-0.25, -0.2) is 4.98 Å². The zero-order valence-corrected chi connectivity index (χ0v) is 15.6. The Bertz CT molecular complexity index is 1070. The summed E-state index contributed by atoms with van der Waals surface area (Å²) in [6, 6.07) is 13.5. The lowest BCUT2D eigenvalue weighted by Crippen LogP contribution is -2.41. The van der Waals surface area contributed by atoms with Crippen molar-refractivity contribution in [2.75, 3.05) is 5.73 Å². The molecular formula is C22H21N4O2+. The first-order valence-corrected chi connectivity index (χ1v) is 9.17. The van der Waals surface area contributed by atoms with Crippen LogP contribution in [-0.4, -0.2) is 10.7 Å². The third kappa shape index (κ3) is 3.23. The van der Waals surface area contributed by atoms with Gasteiger partial charge in [-0.05, 0) is 60.2 Å². The van der Waals surface area contributed by atoms with E-state index in [0.29, 0.717) is 40.0 Å². The number of anilines is 1. The fraction of sp³-hybridized carbons (Fsp3) is 0.227. The maximum Gasteiger partial charge on any atom is 0.250 e. The first-order valence-electron chi connectivity index (χ1n) is 9.17. The van der Waals surface area contributed by atoms with Crippen molar-refractivity contribution in [3.05, 3.63) is 77.0 Å². The van der Waals surface area contributed by atoms with E-state index in [-0.39, 0.29) is 6.10 Å². The molecule has 0 saturated heterocycles. The summed E-state index contributed by atoms with van der Waals surface area (Å²) < 4.78 is 11.7. The van der Waals surface area contributed by atoms with Gasteiger partial charge in [0.2, 0.25) is 5.76 Å². The molecule has 6 heteroatoms. The van der Waals surface area contributed by atoms with E-state index < -0.39 is 0 Å². The molecule has 3 aromatic rings. The van der Waals surface area contributed by atoms with E-state index in [1.165, 1.54) is 12.0 Å². The summed E-state index contributed by atoms with van der Waals surface area (Å²) in [4.78, 5) is 3.90. The third-order valence-corrected chi connectivity index (χ3v) is 5.24. The van der Waals surface area contributed by atoms with Crippen molar-refractivity contribution in [3.8, 4) is 11.8 Å². The second kappa shape index (κ2) is 7.20. The van der Waals surface area contributed by atoms with Crippen molar-refractivity contribution in [1.29, 1.82) is 5.26 Å². The summed E-state index contributed by atoms with van der Waals surface area (Å²) in [5.74, 6) is 1.49. The smallest absolute Gasteiger partial charge is 0.250 e. The van der Waals surface area contributed by atoms with Gasteiger partial charge in [0.05, 0.1) is 23.4 Å². The zero-order chi connectivity index (χ0) is 19.7. The SMILES string of the molecule is C[C@@H]1CCc2cc(C#N)ccc2[C@@H]1Oc1ccc(N)c(C(=[NH2+])c2cnco2)c1. The Morgan fingerprint density at radius 1 is 1.32 bits per heavy atom. The Morgan fingerprint density at radius 2 is 2.18 bits per heavy atom. The highest BCUT2D eigenvalue weighted by Gasteiger charge is 2.29. The van der Waals surface area contributed by atoms with Gasteiger partial charge in [-0.2, -0.15) is 5.26 Å². The number of benzene rings is 2. The molecule has 0 radical (unpaired) electrons. The number of nitrogen functional groups attached to an aromatic ring is 1.